The highest BCUT2D eigenvalue weighted by Gasteiger charge is 2.14. The Hall–Kier alpha value is -1.07. The van der Waals surface area contributed by atoms with E-state index in [1.54, 1.807) is 12.1 Å². The highest BCUT2D eigenvalue weighted by molar-refractivity contribution is 9.10. The molecule has 0 radical (unpaired) electrons. The van der Waals surface area contributed by atoms with Gasteiger partial charge in [0, 0.05) is 15.9 Å². The molecule has 0 saturated carbocycles. The fourth-order valence-electron chi connectivity index (χ4n) is 1.36. The Bertz CT molecular complexity index is 465. The molecule has 4 nitrogen and oxygen atoms in total. The first-order valence-corrected chi connectivity index (χ1v) is 6.53. The molecule has 1 amide bonds. The lowest BCUT2D eigenvalue weighted by atomic mass is 10.1. The van der Waals surface area contributed by atoms with Gasteiger partial charge >= 0.3 is 5.97 Å². The first-order valence-electron chi connectivity index (χ1n) is 5.36. The van der Waals surface area contributed by atoms with Gasteiger partial charge < -0.3 is 10.4 Å². The van der Waals surface area contributed by atoms with Crippen molar-refractivity contribution in [2.75, 3.05) is 0 Å². The standard InChI is InChI=1S/C12H13BrClNO3/c1-7(12(17)18)15-11(16)5-2-8-6-9(14)3-4-10(8)13/h3-4,6-7H,2,5H2,1H3,(H,15,16)(H,17,18). The molecule has 1 aromatic rings. The van der Waals surface area contributed by atoms with Gasteiger partial charge in [0.15, 0.2) is 0 Å². The number of amides is 1. The Morgan fingerprint density at radius 2 is 2.17 bits per heavy atom. The molecule has 1 aromatic carbocycles. The van der Waals surface area contributed by atoms with Crippen molar-refractivity contribution in [1.29, 1.82) is 0 Å². The lowest BCUT2D eigenvalue weighted by molar-refractivity contribution is -0.141. The monoisotopic (exact) mass is 333 g/mol. The summed E-state index contributed by atoms with van der Waals surface area (Å²) in [5, 5.41) is 11.7. The number of halogens is 2. The fourth-order valence-corrected chi connectivity index (χ4v) is 2.00. The van der Waals surface area contributed by atoms with Crippen LogP contribution in [0, 0.1) is 0 Å². The van der Waals surface area contributed by atoms with Gasteiger partial charge in [0.1, 0.15) is 6.04 Å². The molecule has 1 rings (SSSR count). The van der Waals surface area contributed by atoms with Crippen LogP contribution in [0.25, 0.3) is 0 Å². The van der Waals surface area contributed by atoms with Crippen molar-refractivity contribution in [3.05, 3.63) is 33.3 Å². The molecule has 98 valence electrons. The van der Waals surface area contributed by atoms with E-state index in [2.05, 4.69) is 21.2 Å². The second kappa shape index (κ2) is 6.75. The van der Waals surface area contributed by atoms with Gasteiger partial charge in [0.25, 0.3) is 0 Å². The molecule has 0 fully saturated rings. The minimum atomic E-state index is -1.05. The normalized spacial score (nSPS) is 11.9. The average molecular weight is 335 g/mol. The minimum absolute atomic E-state index is 0.219. The van der Waals surface area contributed by atoms with Gasteiger partial charge in [-0.15, -0.1) is 0 Å². The predicted octanol–water partition coefficient (Wildman–Crippen LogP) is 2.62. The first-order chi connectivity index (χ1) is 8.40. The summed E-state index contributed by atoms with van der Waals surface area (Å²) in [7, 11) is 0. The molecule has 0 heterocycles. The minimum Gasteiger partial charge on any atom is -0.480 e. The van der Waals surface area contributed by atoms with E-state index in [4.69, 9.17) is 16.7 Å². The summed E-state index contributed by atoms with van der Waals surface area (Å²) in [6.07, 6.45) is 0.718. The van der Waals surface area contributed by atoms with Crippen molar-refractivity contribution >= 4 is 39.4 Å². The molecule has 0 aliphatic rings. The number of aliphatic carboxylic acids is 1. The Labute approximate surface area is 118 Å². The van der Waals surface area contributed by atoms with Gasteiger partial charge in [0.2, 0.25) is 5.91 Å². The third-order valence-corrected chi connectivity index (χ3v) is 3.39. The van der Waals surface area contributed by atoms with Gasteiger partial charge in [0.05, 0.1) is 0 Å². The molecule has 0 saturated heterocycles. The zero-order valence-corrected chi connectivity index (χ0v) is 12.1. The Kier molecular flexibility index (Phi) is 5.62. The van der Waals surface area contributed by atoms with Crippen LogP contribution >= 0.6 is 27.5 Å². The quantitative estimate of drug-likeness (QED) is 0.870. The maximum Gasteiger partial charge on any atom is 0.325 e. The highest BCUT2D eigenvalue weighted by atomic mass is 79.9. The van der Waals surface area contributed by atoms with Gasteiger partial charge in [-0.3, -0.25) is 9.59 Å². The second-order valence-corrected chi connectivity index (χ2v) is 5.15. The summed E-state index contributed by atoms with van der Waals surface area (Å²) in [6.45, 7) is 1.43. The maximum absolute atomic E-state index is 11.5. The van der Waals surface area contributed by atoms with Crippen LogP contribution in [0.1, 0.15) is 18.9 Å². The van der Waals surface area contributed by atoms with Crippen LogP contribution in [0.2, 0.25) is 5.02 Å². The summed E-state index contributed by atoms with van der Waals surface area (Å²) < 4.78 is 0.881. The molecule has 18 heavy (non-hydrogen) atoms. The van der Waals surface area contributed by atoms with Crippen LogP contribution in [-0.2, 0) is 16.0 Å². The van der Waals surface area contributed by atoms with E-state index in [-0.39, 0.29) is 12.3 Å². The SMILES string of the molecule is CC(NC(=O)CCc1cc(Cl)ccc1Br)C(=O)O. The topological polar surface area (TPSA) is 66.4 Å². The molecule has 0 aromatic heterocycles. The summed E-state index contributed by atoms with van der Waals surface area (Å²) in [4.78, 5) is 22.1. The van der Waals surface area contributed by atoms with E-state index in [0.717, 1.165) is 10.0 Å². The van der Waals surface area contributed by atoms with Gasteiger partial charge in [-0.1, -0.05) is 27.5 Å². The van der Waals surface area contributed by atoms with Crippen LogP contribution in [0.5, 0.6) is 0 Å². The molecule has 2 N–H and O–H groups in total. The first kappa shape index (κ1) is 15.0. The largest absolute Gasteiger partial charge is 0.480 e. The zero-order chi connectivity index (χ0) is 13.7. The lowest BCUT2D eigenvalue weighted by Crippen LogP contribution is -2.38. The van der Waals surface area contributed by atoms with Gasteiger partial charge in [-0.25, -0.2) is 0 Å². The molecular weight excluding hydrogens is 321 g/mol. The van der Waals surface area contributed by atoms with Crippen molar-refractivity contribution in [1.82, 2.24) is 5.32 Å². The summed E-state index contributed by atoms with van der Waals surface area (Å²) in [6, 6.07) is 4.47. The van der Waals surface area contributed by atoms with E-state index >= 15 is 0 Å². The third-order valence-electron chi connectivity index (χ3n) is 2.38. The number of hydrogen-bond acceptors (Lipinski definition) is 2. The Balaban J connectivity index is 2.52. The van der Waals surface area contributed by atoms with E-state index in [1.165, 1.54) is 6.92 Å². The van der Waals surface area contributed by atoms with Crippen LogP contribution in [0.4, 0.5) is 0 Å². The smallest absolute Gasteiger partial charge is 0.325 e. The summed E-state index contributed by atoms with van der Waals surface area (Å²) in [5.74, 6) is -1.34. The molecule has 1 atom stereocenters. The van der Waals surface area contributed by atoms with E-state index < -0.39 is 12.0 Å². The number of aryl methyl sites for hydroxylation is 1. The van der Waals surface area contributed by atoms with Crippen molar-refractivity contribution < 1.29 is 14.7 Å². The number of carboxylic acids is 1. The molecule has 0 spiro atoms. The number of carbonyl (C=O) groups excluding carboxylic acids is 1. The molecule has 0 aliphatic carbocycles. The predicted molar refractivity (Wildman–Crippen MR) is 72.7 cm³/mol. The molecular formula is C12H13BrClNO3. The van der Waals surface area contributed by atoms with Crippen LogP contribution in [0.3, 0.4) is 0 Å². The van der Waals surface area contributed by atoms with Gasteiger partial charge in [-0.2, -0.15) is 0 Å². The van der Waals surface area contributed by atoms with Crippen molar-refractivity contribution in [2.45, 2.75) is 25.8 Å². The Morgan fingerprint density at radius 3 is 2.78 bits per heavy atom. The number of carbonyl (C=O) groups is 2. The second-order valence-electron chi connectivity index (χ2n) is 3.86. The molecule has 1 unspecified atom stereocenters. The summed E-state index contributed by atoms with van der Waals surface area (Å²) in [5.41, 5.74) is 0.917. The number of benzene rings is 1. The molecule has 6 heteroatoms. The van der Waals surface area contributed by atoms with Crippen LogP contribution in [0.15, 0.2) is 22.7 Å². The Morgan fingerprint density at radius 1 is 1.50 bits per heavy atom. The number of nitrogens with one attached hydrogen (secondary N) is 1. The number of hydrogen-bond donors (Lipinski definition) is 2. The fraction of sp³-hybridized carbons (Fsp3) is 0.333. The number of rotatable bonds is 5. The third kappa shape index (κ3) is 4.66. The van der Waals surface area contributed by atoms with Crippen LogP contribution < -0.4 is 5.32 Å². The lowest BCUT2D eigenvalue weighted by Gasteiger charge is -2.09. The number of carboxylic acid groups (broad SMARTS) is 1. The van der Waals surface area contributed by atoms with Gasteiger partial charge in [-0.05, 0) is 37.1 Å². The molecule has 0 bridgehead atoms. The van der Waals surface area contributed by atoms with Crippen molar-refractivity contribution in [3.63, 3.8) is 0 Å². The summed E-state index contributed by atoms with van der Waals surface area (Å²) >= 11 is 9.23. The molecule has 0 aliphatic heterocycles. The van der Waals surface area contributed by atoms with Crippen molar-refractivity contribution in [2.24, 2.45) is 0 Å². The maximum atomic E-state index is 11.5. The highest BCUT2D eigenvalue weighted by Crippen LogP contribution is 2.22. The van der Waals surface area contributed by atoms with Crippen LogP contribution in [-0.4, -0.2) is 23.0 Å². The van der Waals surface area contributed by atoms with E-state index in [0.29, 0.717) is 11.4 Å². The average Bonchev–Trinajstić information content (AvgIpc) is 2.30. The van der Waals surface area contributed by atoms with Crippen molar-refractivity contribution in [3.8, 4) is 0 Å². The van der Waals surface area contributed by atoms with E-state index in [9.17, 15) is 9.59 Å². The van der Waals surface area contributed by atoms with E-state index in [1.807, 2.05) is 6.07 Å². The zero-order valence-electron chi connectivity index (χ0n) is 9.74.